The van der Waals surface area contributed by atoms with Crippen LogP contribution in [0.3, 0.4) is 0 Å². The summed E-state index contributed by atoms with van der Waals surface area (Å²) in [7, 11) is 0. The van der Waals surface area contributed by atoms with E-state index in [4.69, 9.17) is 4.84 Å². The second-order valence-corrected chi connectivity index (χ2v) is 3.81. The van der Waals surface area contributed by atoms with E-state index >= 15 is 0 Å². The lowest BCUT2D eigenvalue weighted by Gasteiger charge is -2.07. The van der Waals surface area contributed by atoms with Crippen molar-refractivity contribution in [2.24, 2.45) is 10.1 Å². The van der Waals surface area contributed by atoms with Crippen LogP contribution in [0.25, 0.3) is 5.57 Å². The van der Waals surface area contributed by atoms with Crippen molar-refractivity contribution in [1.29, 1.82) is 0 Å². The molecule has 3 heteroatoms. The third-order valence-electron chi connectivity index (χ3n) is 2.73. The molecule has 1 aliphatic heterocycles. The number of hydrogen-bond donors (Lipinski definition) is 0. The van der Waals surface area contributed by atoms with Crippen LogP contribution in [0.15, 0.2) is 58.3 Å². The molecule has 17 heavy (non-hydrogen) atoms. The van der Waals surface area contributed by atoms with Crippen LogP contribution in [0.5, 0.6) is 0 Å². The van der Waals surface area contributed by atoms with E-state index in [1.165, 1.54) is 0 Å². The largest absolute Gasteiger partial charge is 0.396 e. The molecule has 1 heterocycles. The monoisotopic (exact) mass is 224 g/mol. The van der Waals surface area contributed by atoms with E-state index < -0.39 is 0 Å². The molecule has 0 unspecified atom stereocenters. The highest BCUT2D eigenvalue weighted by Gasteiger charge is 2.19. The maximum atomic E-state index is 5.14. The Hall–Kier alpha value is -2.16. The SMILES string of the molecule is CCON=C1C=CC=C2N=c3ccccc3=C21. The molecule has 0 amide bonds. The van der Waals surface area contributed by atoms with E-state index in [2.05, 4.69) is 16.2 Å². The smallest absolute Gasteiger partial charge is 0.114 e. The quantitative estimate of drug-likeness (QED) is 0.697. The van der Waals surface area contributed by atoms with Crippen molar-refractivity contribution in [3.63, 3.8) is 0 Å². The minimum atomic E-state index is 0.572. The fourth-order valence-electron chi connectivity index (χ4n) is 2.02. The zero-order valence-corrected chi connectivity index (χ0v) is 9.55. The molecule has 0 fully saturated rings. The number of fused-ring (bicyclic) bond motifs is 2. The van der Waals surface area contributed by atoms with Gasteiger partial charge in [0.15, 0.2) is 0 Å². The van der Waals surface area contributed by atoms with Gasteiger partial charge in [-0.1, -0.05) is 29.4 Å². The summed E-state index contributed by atoms with van der Waals surface area (Å²) in [6, 6.07) is 8.09. The second kappa shape index (κ2) is 4.01. The summed E-state index contributed by atoms with van der Waals surface area (Å²) in [4.78, 5) is 9.71. The zero-order valence-electron chi connectivity index (χ0n) is 9.55. The van der Waals surface area contributed by atoms with Crippen molar-refractivity contribution < 1.29 is 4.84 Å². The van der Waals surface area contributed by atoms with E-state index in [-0.39, 0.29) is 0 Å². The molecule has 0 aromatic heterocycles. The number of benzene rings is 1. The van der Waals surface area contributed by atoms with Crippen LogP contribution < -0.4 is 10.6 Å². The van der Waals surface area contributed by atoms with Crippen LogP contribution in [0.2, 0.25) is 0 Å². The molecule has 1 aliphatic carbocycles. The highest BCUT2D eigenvalue weighted by molar-refractivity contribution is 6.30. The second-order valence-electron chi connectivity index (χ2n) is 3.81. The van der Waals surface area contributed by atoms with Gasteiger partial charge in [-0.05, 0) is 25.1 Å². The lowest BCUT2D eigenvalue weighted by Crippen LogP contribution is -2.24. The van der Waals surface area contributed by atoms with Gasteiger partial charge < -0.3 is 4.84 Å². The normalized spacial score (nSPS) is 18.5. The van der Waals surface area contributed by atoms with Gasteiger partial charge in [-0.15, -0.1) is 0 Å². The molecular weight excluding hydrogens is 212 g/mol. The number of nitrogens with zero attached hydrogens (tertiary/aromatic N) is 2. The first-order chi connectivity index (χ1) is 8.40. The van der Waals surface area contributed by atoms with Crippen molar-refractivity contribution in [3.8, 4) is 0 Å². The summed E-state index contributed by atoms with van der Waals surface area (Å²) < 4.78 is 0. The van der Waals surface area contributed by atoms with Crippen molar-refractivity contribution in [3.05, 3.63) is 58.8 Å². The van der Waals surface area contributed by atoms with Gasteiger partial charge in [0.25, 0.3) is 0 Å². The Morgan fingerprint density at radius 3 is 3.06 bits per heavy atom. The van der Waals surface area contributed by atoms with Crippen molar-refractivity contribution in [1.82, 2.24) is 0 Å². The fourth-order valence-corrected chi connectivity index (χ4v) is 2.02. The molecular formula is C14H12N2O. The average Bonchev–Trinajstić information content (AvgIpc) is 2.75. The molecule has 0 bridgehead atoms. The van der Waals surface area contributed by atoms with Crippen molar-refractivity contribution >= 4 is 11.3 Å². The van der Waals surface area contributed by atoms with Crippen molar-refractivity contribution in [2.75, 3.05) is 6.61 Å². The highest BCUT2D eigenvalue weighted by Crippen LogP contribution is 2.20. The fraction of sp³-hybridized carbons (Fsp3) is 0.143. The number of oxime groups is 1. The molecule has 1 aromatic rings. The molecule has 0 radical (unpaired) electrons. The number of hydrogen-bond acceptors (Lipinski definition) is 3. The first-order valence-electron chi connectivity index (χ1n) is 5.67. The molecule has 3 rings (SSSR count). The average molecular weight is 224 g/mol. The Kier molecular flexibility index (Phi) is 2.37. The molecule has 1 aromatic carbocycles. The Morgan fingerprint density at radius 1 is 1.29 bits per heavy atom. The predicted molar refractivity (Wildman–Crippen MR) is 66.9 cm³/mol. The number of para-hydroxylation sites is 1. The number of allylic oxidation sites excluding steroid dienone is 4. The Balaban J connectivity index is 2.25. The first-order valence-corrected chi connectivity index (χ1v) is 5.67. The molecule has 0 saturated heterocycles. The summed E-state index contributed by atoms with van der Waals surface area (Å²) in [6.45, 7) is 2.49. The topological polar surface area (TPSA) is 34.0 Å². The van der Waals surface area contributed by atoms with E-state index in [1.807, 2.05) is 43.4 Å². The Labute approximate surface area is 99.1 Å². The van der Waals surface area contributed by atoms with Gasteiger partial charge in [-0.2, -0.15) is 0 Å². The Bertz CT molecular complexity index is 666. The maximum absolute atomic E-state index is 5.14. The third kappa shape index (κ3) is 1.60. The predicted octanol–water partition coefficient (Wildman–Crippen LogP) is 1.32. The van der Waals surface area contributed by atoms with Gasteiger partial charge >= 0.3 is 0 Å². The Morgan fingerprint density at radius 2 is 2.18 bits per heavy atom. The molecule has 0 spiro atoms. The minimum Gasteiger partial charge on any atom is -0.396 e. The van der Waals surface area contributed by atoms with Gasteiger partial charge in [0.2, 0.25) is 0 Å². The van der Waals surface area contributed by atoms with E-state index in [1.54, 1.807) is 0 Å². The summed E-state index contributed by atoms with van der Waals surface area (Å²) >= 11 is 0. The lowest BCUT2D eigenvalue weighted by atomic mass is 10.0. The first kappa shape index (κ1) is 10.0. The standard InChI is InChI=1S/C14H12N2O/c1-2-17-16-13-9-5-8-12-14(13)10-6-3-4-7-11(10)15-12/h3-9H,2H2,1H3. The van der Waals surface area contributed by atoms with Crippen LogP contribution in [-0.4, -0.2) is 12.3 Å². The van der Waals surface area contributed by atoms with Crippen LogP contribution in [0, 0.1) is 0 Å². The summed E-state index contributed by atoms with van der Waals surface area (Å²) in [5, 5.41) is 6.26. The van der Waals surface area contributed by atoms with Gasteiger partial charge in [-0.25, -0.2) is 4.99 Å². The molecule has 0 N–H and O–H groups in total. The van der Waals surface area contributed by atoms with Gasteiger partial charge in [-0.3, -0.25) is 0 Å². The van der Waals surface area contributed by atoms with E-state index in [9.17, 15) is 0 Å². The zero-order chi connectivity index (χ0) is 11.7. The van der Waals surface area contributed by atoms with Crippen molar-refractivity contribution in [2.45, 2.75) is 6.92 Å². The summed E-state index contributed by atoms with van der Waals surface area (Å²) in [6.07, 6.45) is 5.90. The lowest BCUT2D eigenvalue weighted by molar-refractivity contribution is 0.159. The van der Waals surface area contributed by atoms with Crippen LogP contribution in [-0.2, 0) is 4.84 Å². The summed E-state index contributed by atoms with van der Waals surface area (Å²) in [5.74, 6) is 0. The van der Waals surface area contributed by atoms with E-state index in [0.717, 1.165) is 27.6 Å². The van der Waals surface area contributed by atoms with Gasteiger partial charge in [0.1, 0.15) is 12.3 Å². The molecule has 0 atom stereocenters. The maximum Gasteiger partial charge on any atom is 0.114 e. The molecule has 3 nitrogen and oxygen atoms in total. The van der Waals surface area contributed by atoms with Gasteiger partial charge in [0, 0.05) is 10.8 Å². The molecule has 2 aliphatic rings. The molecule has 0 saturated carbocycles. The van der Waals surface area contributed by atoms with E-state index in [0.29, 0.717) is 6.61 Å². The van der Waals surface area contributed by atoms with Crippen LogP contribution in [0.4, 0.5) is 0 Å². The van der Waals surface area contributed by atoms with Crippen LogP contribution >= 0.6 is 0 Å². The summed E-state index contributed by atoms with van der Waals surface area (Å²) in [5.41, 5.74) is 2.88. The third-order valence-corrected chi connectivity index (χ3v) is 2.73. The highest BCUT2D eigenvalue weighted by atomic mass is 16.6. The molecule has 84 valence electrons. The van der Waals surface area contributed by atoms with Gasteiger partial charge in [0.05, 0.1) is 11.1 Å². The number of rotatable bonds is 2. The van der Waals surface area contributed by atoms with Crippen LogP contribution in [0.1, 0.15) is 6.92 Å². The minimum absolute atomic E-state index is 0.572.